The summed E-state index contributed by atoms with van der Waals surface area (Å²) < 4.78 is 6.17. The van der Waals surface area contributed by atoms with Gasteiger partial charge in [0.25, 0.3) is 0 Å². The highest BCUT2D eigenvalue weighted by Gasteiger charge is 2.31. The number of benzene rings is 2. The quantitative estimate of drug-likeness (QED) is 0.700. The lowest BCUT2D eigenvalue weighted by atomic mass is 9.82. The lowest BCUT2D eigenvalue weighted by Gasteiger charge is -2.36. The van der Waals surface area contributed by atoms with Gasteiger partial charge in [0.2, 0.25) is 0 Å². The van der Waals surface area contributed by atoms with E-state index in [1.165, 1.54) is 33.5 Å². The van der Waals surface area contributed by atoms with Gasteiger partial charge in [-0.15, -0.1) is 0 Å². The summed E-state index contributed by atoms with van der Waals surface area (Å²) in [5.41, 5.74) is 7.61. The number of hydrogen-bond donors (Lipinski definition) is 1. The molecule has 0 aliphatic carbocycles. The Labute approximate surface area is 131 Å². The van der Waals surface area contributed by atoms with Crippen LogP contribution in [-0.4, -0.2) is 5.54 Å². The first-order valence-electron chi connectivity index (χ1n) is 7.87. The lowest BCUT2D eigenvalue weighted by Crippen LogP contribution is -2.32. The maximum Gasteiger partial charge on any atom is 0.128 e. The molecule has 0 amide bonds. The van der Waals surface area contributed by atoms with Gasteiger partial charge < -0.3 is 10.1 Å². The van der Waals surface area contributed by atoms with Gasteiger partial charge in [0.15, 0.2) is 0 Å². The van der Waals surface area contributed by atoms with E-state index in [0.29, 0.717) is 0 Å². The van der Waals surface area contributed by atoms with Crippen molar-refractivity contribution in [2.45, 2.75) is 39.3 Å². The SMILES string of the molecule is CC1=CC(C)(C)Nc2ccc3c(c21)[C@H](C)Oc1ccccc1-3. The summed E-state index contributed by atoms with van der Waals surface area (Å²) in [6, 6.07) is 12.7. The molecule has 2 heteroatoms. The number of hydrogen-bond acceptors (Lipinski definition) is 2. The Balaban J connectivity index is 2.01. The highest BCUT2D eigenvalue weighted by Crippen LogP contribution is 2.48. The number of para-hydroxylation sites is 1. The second kappa shape index (κ2) is 4.39. The van der Waals surface area contributed by atoms with Crippen LogP contribution in [-0.2, 0) is 0 Å². The molecule has 2 heterocycles. The van der Waals surface area contributed by atoms with Gasteiger partial charge in [-0.3, -0.25) is 0 Å². The molecule has 1 N–H and O–H groups in total. The van der Waals surface area contributed by atoms with Crippen molar-refractivity contribution in [1.82, 2.24) is 0 Å². The molecule has 2 nitrogen and oxygen atoms in total. The van der Waals surface area contributed by atoms with Crippen molar-refractivity contribution in [3.05, 3.63) is 53.6 Å². The van der Waals surface area contributed by atoms with Gasteiger partial charge in [0, 0.05) is 22.4 Å². The number of rotatable bonds is 0. The molecule has 0 bridgehead atoms. The summed E-state index contributed by atoms with van der Waals surface area (Å²) in [7, 11) is 0. The first-order valence-corrected chi connectivity index (χ1v) is 7.87. The third kappa shape index (κ3) is 1.87. The minimum Gasteiger partial charge on any atom is -0.485 e. The molecule has 0 fully saturated rings. The zero-order chi connectivity index (χ0) is 15.5. The van der Waals surface area contributed by atoms with E-state index in [9.17, 15) is 0 Å². The lowest BCUT2D eigenvalue weighted by molar-refractivity contribution is 0.223. The summed E-state index contributed by atoms with van der Waals surface area (Å²) in [6.45, 7) is 8.75. The van der Waals surface area contributed by atoms with Gasteiger partial charge in [-0.1, -0.05) is 30.3 Å². The Morgan fingerprint density at radius 2 is 1.82 bits per heavy atom. The Bertz CT molecular complexity index is 801. The van der Waals surface area contributed by atoms with Crippen molar-refractivity contribution in [3.8, 4) is 16.9 Å². The molecular formula is C20H21NO. The molecule has 2 aliphatic heterocycles. The first kappa shape index (κ1) is 13.4. The van der Waals surface area contributed by atoms with Crippen molar-refractivity contribution in [3.63, 3.8) is 0 Å². The van der Waals surface area contributed by atoms with Crippen LogP contribution in [0.1, 0.15) is 44.9 Å². The average molecular weight is 291 g/mol. The minimum atomic E-state index is -0.0119. The zero-order valence-corrected chi connectivity index (χ0v) is 13.5. The third-order valence-electron chi connectivity index (χ3n) is 4.56. The fourth-order valence-corrected chi connectivity index (χ4v) is 3.84. The van der Waals surface area contributed by atoms with Crippen molar-refractivity contribution in [1.29, 1.82) is 0 Å². The Hall–Kier alpha value is -2.22. The van der Waals surface area contributed by atoms with Crippen LogP contribution >= 0.6 is 0 Å². The summed E-state index contributed by atoms with van der Waals surface area (Å²) in [5, 5.41) is 3.63. The van der Waals surface area contributed by atoms with E-state index in [1.54, 1.807) is 0 Å². The van der Waals surface area contributed by atoms with E-state index in [2.05, 4.69) is 69.4 Å². The van der Waals surface area contributed by atoms with Crippen LogP contribution in [0.5, 0.6) is 5.75 Å². The molecule has 22 heavy (non-hydrogen) atoms. The fraction of sp³-hybridized carbons (Fsp3) is 0.300. The summed E-state index contributed by atoms with van der Waals surface area (Å²) in [4.78, 5) is 0. The van der Waals surface area contributed by atoms with E-state index >= 15 is 0 Å². The molecule has 0 unspecified atom stereocenters. The minimum absolute atomic E-state index is 0.0119. The Kier molecular flexibility index (Phi) is 2.68. The van der Waals surface area contributed by atoms with Crippen molar-refractivity contribution < 1.29 is 4.74 Å². The summed E-state index contributed by atoms with van der Waals surface area (Å²) in [6.07, 6.45) is 2.37. The molecule has 0 saturated carbocycles. The number of anilines is 1. The molecule has 0 spiro atoms. The summed E-state index contributed by atoms with van der Waals surface area (Å²) in [5.74, 6) is 0.980. The van der Waals surface area contributed by atoms with E-state index in [0.717, 1.165) is 5.75 Å². The van der Waals surface area contributed by atoms with Gasteiger partial charge in [-0.05, 0) is 51.0 Å². The number of ether oxygens (including phenoxy) is 1. The first-order chi connectivity index (χ1) is 10.5. The van der Waals surface area contributed by atoms with Crippen LogP contribution in [0.25, 0.3) is 16.7 Å². The van der Waals surface area contributed by atoms with Crippen LogP contribution in [0, 0.1) is 0 Å². The second-order valence-corrected chi connectivity index (χ2v) is 6.88. The molecule has 2 aromatic carbocycles. The average Bonchev–Trinajstić information content (AvgIpc) is 2.45. The molecule has 2 aliphatic rings. The van der Waals surface area contributed by atoms with E-state index in [4.69, 9.17) is 4.74 Å². The van der Waals surface area contributed by atoms with Crippen LogP contribution in [0.15, 0.2) is 42.5 Å². The maximum absolute atomic E-state index is 6.17. The Morgan fingerprint density at radius 3 is 2.64 bits per heavy atom. The predicted octanol–water partition coefficient (Wildman–Crippen LogP) is 5.41. The molecule has 4 rings (SSSR count). The van der Waals surface area contributed by atoms with Gasteiger partial charge >= 0.3 is 0 Å². The summed E-state index contributed by atoms with van der Waals surface area (Å²) >= 11 is 0. The molecule has 1 atom stereocenters. The second-order valence-electron chi connectivity index (χ2n) is 6.88. The van der Waals surface area contributed by atoms with Crippen LogP contribution in [0.2, 0.25) is 0 Å². The highest BCUT2D eigenvalue weighted by molar-refractivity contribution is 5.89. The van der Waals surface area contributed by atoms with Crippen molar-refractivity contribution in [2.24, 2.45) is 0 Å². The molecule has 112 valence electrons. The van der Waals surface area contributed by atoms with E-state index in [-0.39, 0.29) is 11.6 Å². The monoisotopic (exact) mass is 291 g/mol. The molecule has 2 aromatic rings. The van der Waals surface area contributed by atoms with E-state index in [1.807, 2.05) is 6.07 Å². The number of nitrogens with one attached hydrogen (secondary N) is 1. The highest BCUT2D eigenvalue weighted by atomic mass is 16.5. The van der Waals surface area contributed by atoms with Crippen LogP contribution < -0.4 is 10.1 Å². The fourth-order valence-electron chi connectivity index (χ4n) is 3.84. The molecular weight excluding hydrogens is 270 g/mol. The maximum atomic E-state index is 6.17. The van der Waals surface area contributed by atoms with Gasteiger partial charge in [-0.25, -0.2) is 0 Å². The molecule has 0 saturated heterocycles. The largest absolute Gasteiger partial charge is 0.485 e. The zero-order valence-electron chi connectivity index (χ0n) is 13.5. The number of allylic oxidation sites excluding steroid dienone is 1. The van der Waals surface area contributed by atoms with Gasteiger partial charge in [-0.2, -0.15) is 0 Å². The smallest absolute Gasteiger partial charge is 0.128 e. The standard InChI is InChI=1S/C20H21NO/c1-12-11-20(3,4)21-16-10-9-15-14-7-5-6-8-17(14)22-13(2)19(15)18(12)16/h5-11,13,21H,1-4H3/t13-/m0/s1. The topological polar surface area (TPSA) is 21.3 Å². The number of fused-ring (bicyclic) bond motifs is 5. The Morgan fingerprint density at radius 1 is 1.05 bits per heavy atom. The van der Waals surface area contributed by atoms with Crippen LogP contribution in [0.3, 0.4) is 0 Å². The van der Waals surface area contributed by atoms with Crippen molar-refractivity contribution in [2.75, 3.05) is 5.32 Å². The molecule has 0 aromatic heterocycles. The van der Waals surface area contributed by atoms with E-state index < -0.39 is 0 Å². The normalized spacial score (nSPS) is 20.7. The van der Waals surface area contributed by atoms with Crippen molar-refractivity contribution >= 4 is 11.3 Å². The van der Waals surface area contributed by atoms with Gasteiger partial charge in [0.1, 0.15) is 11.9 Å². The molecule has 0 radical (unpaired) electrons. The van der Waals surface area contributed by atoms with Crippen LogP contribution in [0.4, 0.5) is 5.69 Å². The van der Waals surface area contributed by atoms with Gasteiger partial charge in [0.05, 0.1) is 5.54 Å². The predicted molar refractivity (Wildman–Crippen MR) is 92.3 cm³/mol. The third-order valence-corrected chi connectivity index (χ3v) is 4.56.